The van der Waals surface area contributed by atoms with Crippen LogP contribution in [0.5, 0.6) is 0 Å². The number of amides is 1. The second-order valence-electron chi connectivity index (χ2n) is 6.96. The molecule has 0 unspecified atom stereocenters. The molecule has 0 saturated carbocycles. The topological polar surface area (TPSA) is 79.0 Å². The van der Waals surface area contributed by atoms with Crippen LogP contribution in [0.2, 0.25) is 4.34 Å². The summed E-state index contributed by atoms with van der Waals surface area (Å²) in [5.74, 6) is 0.0322. The summed E-state index contributed by atoms with van der Waals surface area (Å²) in [6.45, 7) is 0.463. The van der Waals surface area contributed by atoms with Crippen LogP contribution in [0.3, 0.4) is 0 Å². The minimum atomic E-state index is -0.225. The number of aromatic nitrogens is 2. The Morgan fingerprint density at radius 1 is 1.19 bits per heavy atom. The van der Waals surface area contributed by atoms with Crippen molar-refractivity contribution in [3.8, 4) is 11.8 Å². The van der Waals surface area contributed by atoms with Crippen LogP contribution >= 0.6 is 34.7 Å². The number of carbonyl (C=O) groups excluding carboxylic acids is 1. The Morgan fingerprint density at radius 2 is 1.94 bits per heavy atom. The normalized spacial score (nSPS) is 10.8. The number of thioether (sulfide) groups is 1. The third kappa shape index (κ3) is 4.70. The molecule has 4 aromatic rings. The van der Waals surface area contributed by atoms with Gasteiger partial charge < -0.3 is 4.90 Å². The lowest BCUT2D eigenvalue weighted by Crippen LogP contribution is -2.28. The highest BCUT2D eigenvalue weighted by molar-refractivity contribution is 7.99. The van der Waals surface area contributed by atoms with Gasteiger partial charge in [-0.05, 0) is 48.5 Å². The van der Waals surface area contributed by atoms with E-state index in [1.54, 1.807) is 54.4 Å². The van der Waals surface area contributed by atoms with Gasteiger partial charge in [0.15, 0.2) is 5.16 Å². The molecule has 0 radical (unpaired) electrons. The Kier molecular flexibility index (Phi) is 6.61. The van der Waals surface area contributed by atoms with E-state index in [1.165, 1.54) is 27.7 Å². The van der Waals surface area contributed by atoms with Crippen molar-refractivity contribution >= 4 is 51.5 Å². The van der Waals surface area contributed by atoms with E-state index in [-0.39, 0.29) is 17.2 Å². The summed E-state index contributed by atoms with van der Waals surface area (Å²) in [6.07, 6.45) is 0. The maximum atomic E-state index is 13.3. The average Bonchev–Trinajstić information content (AvgIpc) is 3.22. The first-order valence-corrected chi connectivity index (χ1v) is 11.8. The zero-order valence-corrected chi connectivity index (χ0v) is 19.4. The molecule has 0 bridgehead atoms. The minimum Gasteiger partial charge on any atom is -0.340 e. The van der Waals surface area contributed by atoms with Crippen molar-refractivity contribution in [1.29, 1.82) is 5.26 Å². The largest absolute Gasteiger partial charge is 0.340 e. The summed E-state index contributed by atoms with van der Waals surface area (Å²) < 4.78 is 2.17. The van der Waals surface area contributed by atoms with E-state index in [4.69, 9.17) is 16.9 Å². The Labute approximate surface area is 197 Å². The fourth-order valence-corrected chi connectivity index (χ4v) is 5.21. The number of fused-ring (bicyclic) bond motifs is 1. The highest BCUT2D eigenvalue weighted by Gasteiger charge is 2.17. The van der Waals surface area contributed by atoms with Gasteiger partial charge in [-0.3, -0.25) is 14.2 Å². The number of nitriles is 1. The second-order valence-corrected chi connectivity index (χ2v) is 9.70. The lowest BCUT2D eigenvalue weighted by Gasteiger charge is -2.17. The smallest absolute Gasteiger partial charge is 0.266 e. The SMILES string of the molecule is CN(Cc1ccc(Cl)s1)C(=O)CSc1nc2ccccc2c(=O)n1-c1ccc(C#N)cc1. The molecule has 0 aliphatic rings. The van der Waals surface area contributed by atoms with Gasteiger partial charge in [-0.15, -0.1) is 11.3 Å². The first kappa shape index (κ1) is 22.1. The third-order valence-electron chi connectivity index (χ3n) is 4.77. The highest BCUT2D eigenvalue weighted by Crippen LogP contribution is 2.24. The van der Waals surface area contributed by atoms with E-state index < -0.39 is 0 Å². The van der Waals surface area contributed by atoms with E-state index in [1.807, 2.05) is 18.2 Å². The molecule has 0 N–H and O–H groups in total. The van der Waals surface area contributed by atoms with E-state index in [0.717, 1.165) is 4.88 Å². The molecule has 4 rings (SSSR count). The standard InChI is InChI=1S/C23H17ClN4O2S2/c1-27(13-17-10-11-20(24)32-17)21(29)14-31-23-26-19-5-3-2-4-18(19)22(30)28(23)16-8-6-15(12-25)7-9-16/h2-11H,13-14H2,1H3. The number of rotatable bonds is 6. The van der Waals surface area contributed by atoms with E-state index in [9.17, 15) is 9.59 Å². The van der Waals surface area contributed by atoms with Gasteiger partial charge in [-0.1, -0.05) is 35.5 Å². The molecule has 2 aromatic carbocycles. The molecule has 0 saturated heterocycles. The van der Waals surface area contributed by atoms with E-state index in [0.29, 0.717) is 38.2 Å². The summed E-state index contributed by atoms with van der Waals surface area (Å²) in [6, 6.07) is 19.6. The molecule has 0 aliphatic carbocycles. The number of nitrogens with zero attached hydrogens (tertiary/aromatic N) is 4. The first-order valence-electron chi connectivity index (χ1n) is 9.59. The average molecular weight is 481 g/mol. The van der Waals surface area contributed by atoms with Crippen molar-refractivity contribution in [2.24, 2.45) is 0 Å². The number of carbonyl (C=O) groups is 1. The number of hydrogen-bond acceptors (Lipinski definition) is 6. The molecule has 9 heteroatoms. The third-order valence-corrected chi connectivity index (χ3v) is 6.91. The van der Waals surface area contributed by atoms with E-state index >= 15 is 0 Å². The van der Waals surface area contributed by atoms with Crippen LogP contribution in [0, 0.1) is 11.3 Å². The van der Waals surface area contributed by atoms with Crippen LogP contribution in [0.25, 0.3) is 16.6 Å². The summed E-state index contributed by atoms with van der Waals surface area (Å²) in [4.78, 5) is 33.3. The molecule has 1 amide bonds. The Balaban J connectivity index is 1.64. The molecule has 2 heterocycles. The zero-order valence-electron chi connectivity index (χ0n) is 17.0. The summed E-state index contributed by atoms with van der Waals surface area (Å²) in [5, 5.41) is 9.97. The van der Waals surface area contributed by atoms with Gasteiger partial charge in [0.25, 0.3) is 5.56 Å². The predicted molar refractivity (Wildman–Crippen MR) is 129 cm³/mol. The summed E-state index contributed by atoms with van der Waals surface area (Å²) in [5.41, 5.74) is 1.43. The number of para-hydroxylation sites is 1. The van der Waals surface area contributed by atoms with Gasteiger partial charge in [0.2, 0.25) is 5.91 Å². The monoisotopic (exact) mass is 480 g/mol. The van der Waals surface area contributed by atoms with Crippen molar-refractivity contribution in [2.75, 3.05) is 12.8 Å². The lowest BCUT2D eigenvalue weighted by atomic mass is 10.2. The Hall–Kier alpha value is -3.12. The number of hydrogen-bond donors (Lipinski definition) is 0. The lowest BCUT2D eigenvalue weighted by molar-refractivity contribution is -0.127. The summed E-state index contributed by atoms with van der Waals surface area (Å²) >= 11 is 8.62. The van der Waals surface area contributed by atoms with Crippen LogP contribution in [0.15, 0.2) is 70.6 Å². The van der Waals surface area contributed by atoms with Gasteiger partial charge in [0.05, 0.1) is 44.9 Å². The molecule has 0 atom stereocenters. The van der Waals surface area contributed by atoms with Crippen molar-refractivity contribution in [1.82, 2.24) is 14.5 Å². The van der Waals surface area contributed by atoms with Gasteiger partial charge in [0, 0.05) is 11.9 Å². The second kappa shape index (κ2) is 9.57. The maximum Gasteiger partial charge on any atom is 0.266 e. The molecule has 2 aromatic heterocycles. The Bertz CT molecular complexity index is 1390. The van der Waals surface area contributed by atoms with Crippen LogP contribution < -0.4 is 5.56 Å². The molecular weight excluding hydrogens is 464 g/mol. The van der Waals surface area contributed by atoms with Gasteiger partial charge in [-0.25, -0.2) is 4.98 Å². The predicted octanol–water partition coefficient (Wildman–Crippen LogP) is 4.72. The van der Waals surface area contributed by atoms with Gasteiger partial charge >= 0.3 is 0 Å². The number of benzene rings is 2. The van der Waals surface area contributed by atoms with Crippen molar-refractivity contribution in [3.63, 3.8) is 0 Å². The molecule has 0 fully saturated rings. The molecule has 0 aliphatic heterocycles. The van der Waals surface area contributed by atoms with Gasteiger partial charge in [-0.2, -0.15) is 5.26 Å². The first-order chi connectivity index (χ1) is 15.5. The van der Waals surface area contributed by atoms with Crippen molar-refractivity contribution in [3.05, 3.63) is 85.8 Å². The number of thiophene rings is 1. The number of halogens is 1. The van der Waals surface area contributed by atoms with Crippen LogP contribution in [-0.4, -0.2) is 33.2 Å². The van der Waals surface area contributed by atoms with Crippen molar-refractivity contribution < 1.29 is 4.79 Å². The van der Waals surface area contributed by atoms with Crippen LogP contribution in [0.4, 0.5) is 0 Å². The van der Waals surface area contributed by atoms with Gasteiger partial charge in [0.1, 0.15) is 0 Å². The molecule has 32 heavy (non-hydrogen) atoms. The van der Waals surface area contributed by atoms with Crippen molar-refractivity contribution in [2.45, 2.75) is 11.7 Å². The minimum absolute atomic E-state index is 0.0895. The quantitative estimate of drug-likeness (QED) is 0.294. The van der Waals surface area contributed by atoms with E-state index in [2.05, 4.69) is 11.1 Å². The molecule has 6 nitrogen and oxygen atoms in total. The van der Waals surface area contributed by atoms with Crippen LogP contribution in [0.1, 0.15) is 10.4 Å². The fraction of sp³-hybridized carbons (Fsp3) is 0.130. The highest BCUT2D eigenvalue weighted by atomic mass is 35.5. The summed E-state index contributed by atoms with van der Waals surface area (Å²) in [7, 11) is 1.73. The molecule has 160 valence electrons. The Morgan fingerprint density at radius 3 is 2.62 bits per heavy atom. The fourth-order valence-electron chi connectivity index (χ4n) is 3.12. The molecule has 0 spiro atoms. The zero-order chi connectivity index (χ0) is 22.7. The van der Waals surface area contributed by atoms with Crippen LogP contribution in [-0.2, 0) is 11.3 Å². The maximum absolute atomic E-state index is 13.3. The molecular formula is C23H17ClN4O2S2.